The quantitative estimate of drug-likeness (QED) is 0.281. The molecule has 4 aromatic rings. The highest BCUT2D eigenvalue weighted by Crippen LogP contribution is 2.57. The monoisotopic (exact) mass is 574 g/mol. The number of nitrogens with two attached hydrogens (primary N) is 2. The maximum Gasteiger partial charge on any atom is 0.269 e. The molecule has 12 heteroatoms. The standard InChI is InChI=1S/C30H25F3N6O3/c31-17-6-14(7-18(32)12-17)8-23(27-19(2-1-5-36-27)15-3-4-22(33)21(9-15)29(34)41)37-25(40)13-39-24-11-16-10-20(16)26(24)28(38-39)30(35)42/h1-7,9,12,16,20,23H,8,10-11,13H2,(H2,34,41)(H2,35,42)(H,37,40). The van der Waals surface area contributed by atoms with Gasteiger partial charge < -0.3 is 16.8 Å². The van der Waals surface area contributed by atoms with Crippen LogP contribution < -0.4 is 16.8 Å². The maximum absolute atomic E-state index is 14.2. The largest absolute Gasteiger partial charge is 0.366 e. The number of fused-ring (bicyclic) bond motifs is 3. The summed E-state index contributed by atoms with van der Waals surface area (Å²) in [6, 6.07) is 9.24. The summed E-state index contributed by atoms with van der Waals surface area (Å²) >= 11 is 0. The number of halogens is 3. The molecule has 0 aliphatic heterocycles. The number of nitrogens with zero attached hydrogens (tertiary/aromatic N) is 3. The molecule has 0 radical (unpaired) electrons. The predicted molar refractivity (Wildman–Crippen MR) is 144 cm³/mol. The Balaban J connectivity index is 1.36. The van der Waals surface area contributed by atoms with E-state index in [1.54, 1.807) is 12.1 Å². The molecule has 214 valence electrons. The van der Waals surface area contributed by atoms with Gasteiger partial charge in [-0.2, -0.15) is 5.10 Å². The van der Waals surface area contributed by atoms with E-state index in [9.17, 15) is 27.6 Å². The molecule has 6 rings (SSSR count). The minimum absolute atomic E-state index is 0.0534. The van der Waals surface area contributed by atoms with Gasteiger partial charge in [-0.1, -0.05) is 12.1 Å². The summed E-state index contributed by atoms with van der Waals surface area (Å²) in [7, 11) is 0. The first kappa shape index (κ1) is 27.2. The van der Waals surface area contributed by atoms with Crippen LogP contribution in [0.2, 0.25) is 0 Å². The Morgan fingerprint density at radius 2 is 1.79 bits per heavy atom. The lowest BCUT2D eigenvalue weighted by Crippen LogP contribution is -2.34. The lowest BCUT2D eigenvalue weighted by molar-refractivity contribution is -0.122. The summed E-state index contributed by atoms with van der Waals surface area (Å²) in [6.07, 6.45) is 3.08. The second-order valence-corrected chi connectivity index (χ2v) is 10.6. The van der Waals surface area contributed by atoms with Crippen LogP contribution in [0.5, 0.6) is 0 Å². The molecular weight excluding hydrogens is 549 g/mol. The van der Waals surface area contributed by atoms with Gasteiger partial charge >= 0.3 is 0 Å². The number of nitrogens with one attached hydrogen (secondary N) is 1. The number of hydrogen-bond acceptors (Lipinski definition) is 5. The highest BCUT2D eigenvalue weighted by Gasteiger charge is 2.50. The van der Waals surface area contributed by atoms with E-state index in [-0.39, 0.29) is 35.7 Å². The third-order valence-electron chi connectivity index (χ3n) is 7.78. The minimum atomic E-state index is -0.959. The second kappa shape index (κ2) is 10.4. The fourth-order valence-electron chi connectivity index (χ4n) is 5.88. The first-order valence-corrected chi connectivity index (χ1v) is 13.3. The van der Waals surface area contributed by atoms with Crippen molar-refractivity contribution in [1.29, 1.82) is 0 Å². The van der Waals surface area contributed by atoms with E-state index < -0.39 is 41.2 Å². The summed E-state index contributed by atoms with van der Waals surface area (Å²) < 4.78 is 43.9. The van der Waals surface area contributed by atoms with Gasteiger partial charge in [0.25, 0.3) is 11.8 Å². The van der Waals surface area contributed by atoms with Crippen LogP contribution in [0.25, 0.3) is 11.1 Å². The van der Waals surface area contributed by atoms with Crippen LogP contribution in [0.4, 0.5) is 13.2 Å². The Bertz CT molecular complexity index is 1750. The summed E-state index contributed by atoms with van der Waals surface area (Å²) in [4.78, 5) is 41.7. The van der Waals surface area contributed by atoms with E-state index in [0.29, 0.717) is 29.2 Å². The Kier molecular flexibility index (Phi) is 6.76. The lowest BCUT2D eigenvalue weighted by atomic mass is 9.94. The van der Waals surface area contributed by atoms with Crippen LogP contribution in [0.1, 0.15) is 61.7 Å². The van der Waals surface area contributed by atoms with E-state index in [1.807, 2.05) is 0 Å². The Morgan fingerprint density at radius 3 is 2.50 bits per heavy atom. The van der Waals surface area contributed by atoms with Gasteiger partial charge in [0.2, 0.25) is 5.91 Å². The number of carbonyl (C=O) groups excluding carboxylic acids is 3. The van der Waals surface area contributed by atoms with Crippen LogP contribution in [-0.4, -0.2) is 32.5 Å². The van der Waals surface area contributed by atoms with Crippen molar-refractivity contribution in [3.05, 3.63) is 106 Å². The van der Waals surface area contributed by atoms with Gasteiger partial charge in [0.1, 0.15) is 24.0 Å². The van der Waals surface area contributed by atoms with Crippen LogP contribution in [-0.2, 0) is 24.2 Å². The fraction of sp³-hybridized carbons (Fsp3) is 0.233. The molecule has 3 unspecified atom stereocenters. The van der Waals surface area contributed by atoms with Gasteiger partial charge in [0, 0.05) is 29.1 Å². The van der Waals surface area contributed by atoms with E-state index in [0.717, 1.165) is 41.9 Å². The van der Waals surface area contributed by atoms with E-state index in [1.165, 1.54) is 23.0 Å². The number of pyridine rings is 1. The third kappa shape index (κ3) is 5.11. The number of amides is 3. The summed E-state index contributed by atoms with van der Waals surface area (Å²) in [5, 5.41) is 7.21. The molecule has 5 N–H and O–H groups in total. The van der Waals surface area contributed by atoms with Gasteiger partial charge in [0.15, 0.2) is 5.69 Å². The van der Waals surface area contributed by atoms with Crippen LogP contribution in [0.15, 0.2) is 54.7 Å². The topological polar surface area (TPSA) is 146 Å². The van der Waals surface area contributed by atoms with Gasteiger partial charge in [-0.3, -0.25) is 24.0 Å². The number of benzene rings is 2. The van der Waals surface area contributed by atoms with Crippen molar-refractivity contribution in [3.8, 4) is 11.1 Å². The highest BCUT2D eigenvalue weighted by molar-refractivity contribution is 5.95. The molecule has 0 saturated heterocycles. The normalized spacial score (nSPS) is 17.3. The molecule has 1 saturated carbocycles. The van der Waals surface area contributed by atoms with Gasteiger partial charge in [-0.05, 0) is 72.6 Å². The molecule has 2 heterocycles. The third-order valence-corrected chi connectivity index (χ3v) is 7.78. The zero-order valence-corrected chi connectivity index (χ0v) is 22.1. The van der Waals surface area contributed by atoms with Crippen LogP contribution >= 0.6 is 0 Å². The molecule has 2 aromatic heterocycles. The molecule has 9 nitrogen and oxygen atoms in total. The molecule has 2 aromatic carbocycles. The van der Waals surface area contributed by atoms with Crippen molar-refractivity contribution in [2.45, 2.75) is 37.8 Å². The molecule has 3 atom stereocenters. The second-order valence-electron chi connectivity index (χ2n) is 10.6. The Morgan fingerprint density at radius 1 is 1.02 bits per heavy atom. The van der Waals surface area contributed by atoms with Crippen LogP contribution in [0.3, 0.4) is 0 Å². The number of rotatable bonds is 9. The zero-order valence-electron chi connectivity index (χ0n) is 22.1. The van der Waals surface area contributed by atoms with E-state index in [2.05, 4.69) is 15.4 Å². The molecule has 3 amide bonds. The van der Waals surface area contributed by atoms with Crippen LogP contribution in [0, 0.1) is 23.4 Å². The highest BCUT2D eigenvalue weighted by atomic mass is 19.1. The SMILES string of the molecule is NC(=O)c1cc(-c2cccnc2C(Cc2cc(F)cc(F)c2)NC(=O)Cn2nc(C(N)=O)c3c2CC2CC32)ccc1F. The smallest absolute Gasteiger partial charge is 0.269 e. The van der Waals surface area contributed by atoms with Crippen molar-refractivity contribution < 1.29 is 27.6 Å². The van der Waals surface area contributed by atoms with Crippen molar-refractivity contribution >= 4 is 17.7 Å². The van der Waals surface area contributed by atoms with Crippen molar-refractivity contribution in [2.24, 2.45) is 17.4 Å². The Labute approximate surface area is 237 Å². The Hall–Kier alpha value is -5.00. The van der Waals surface area contributed by atoms with Gasteiger partial charge in [-0.25, -0.2) is 13.2 Å². The summed E-state index contributed by atoms with van der Waals surface area (Å²) in [6.45, 7) is -0.229. The number of hydrogen-bond donors (Lipinski definition) is 3. The molecule has 2 aliphatic rings. The average Bonchev–Trinajstić information content (AvgIpc) is 3.45. The molecular formula is C30H25F3N6O3. The predicted octanol–water partition coefficient (Wildman–Crippen LogP) is 3.32. The molecule has 1 fully saturated rings. The van der Waals surface area contributed by atoms with Gasteiger partial charge in [0.05, 0.1) is 17.3 Å². The molecule has 0 spiro atoms. The fourth-order valence-corrected chi connectivity index (χ4v) is 5.88. The molecule has 2 aliphatic carbocycles. The first-order chi connectivity index (χ1) is 20.1. The molecule has 0 bridgehead atoms. The minimum Gasteiger partial charge on any atom is -0.366 e. The number of carbonyl (C=O) groups is 3. The first-order valence-electron chi connectivity index (χ1n) is 13.3. The van der Waals surface area contributed by atoms with Gasteiger partial charge in [-0.15, -0.1) is 0 Å². The summed E-state index contributed by atoms with van der Waals surface area (Å²) in [5.74, 6) is -3.83. The van der Waals surface area contributed by atoms with E-state index in [4.69, 9.17) is 11.5 Å². The lowest BCUT2D eigenvalue weighted by Gasteiger charge is -2.22. The molecule has 42 heavy (non-hydrogen) atoms. The van der Waals surface area contributed by atoms with Crippen molar-refractivity contribution in [2.75, 3.05) is 0 Å². The van der Waals surface area contributed by atoms with Crippen molar-refractivity contribution in [1.82, 2.24) is 20.1 Å². The number of aromatic nitrogens is 3. The zero-order chi connectivity index (χ0) is 29.7. The summed E-state index contributed by atoms with van der Waals surface area (Å²) in [5.41, 5.74) is 13.7. The maximum atomic E-state index is 14.2. The van der Waals surface area contributed by atoms with Crippen molar-refractivity contribution in [3.63, 3.8) is 0 Å². The number of primary amides is 2. The van der Waals surface area contributed by atoms with E-state index >= 15 is 0 Å². The average molecular weight is 575 g/mol.